The summed E-state index contributed by atoms with van der Waals surface area (Å²) >= 11 is 5.52. The van der Waals surface area contributed by atoms with Gasteiger partial charge in [0.15, 0.2) is 0 Å². The van der Waals surface area contributed by atoms with Crippen LogP contribution in [0, 0.1) is 11.8 Å². The summed E-state index contributed by atoms with van der Waals surface area (Å²) in [6.07, 6.45) is 1.96. The van der Waals surface area contributed by atoms with Crippen molar-refractivity contribution in [2.45, 2.75) is 26.4 Å². The molecule has 0 bridgehead atoms. The third-order valence-electron chi connectivity index (χ3n) is 2.02. The highest BCUT2D eigenvalue weighted by Crippen LogP contribution is 2.17. The minimum Gasteiger partial charge on any atom is -0.232 e. The summed E-state index contributed by atoms with van der Waals surface area (Å²) in [6.45, 7) is 7.43. The number of alkyl halides is 1. The topological polar surface area (TPSA) is 19.9 Å². The van der Waals surface area contributed by atoms with Gasteiger partial charge >= 0.3 is 0 Å². The lowest BCUT2D eigenvalue weighted by Crippen LogP contribution is -2.23. The van der Waals surface area contributed by atoms with E-state index in [1.807, 2.05) is 13.8 Å². The van der Waals surface area contributed by atoms with E-state index in [0.29, 0.717) is 5.88 Å². The molecule has 0 rings (SSSR count). The number of rotatable bonds is 5. The average Bonchev–Trinajstić information content (AvgIpc) is 2.02. The first-order valence-electron chi connectivity index (χ1n) is 3.97. The third-order valence-corrected chi connectivity index (χ3v) is 2.23. The molecule has 0 aliphatic carbocycles. The van der Waals surface area contributed by atoms with Crippen molar-refractivity contribution in [2.75, 3.05) is 5.88 Å². The van der Waals surface area contributed by atoms with E-state index in [2.05, 4.69) is 6.58 Å². The monoisotopic (exact) mass is 175 g/mol. The zero-order chi connectivity index (χ0) is 8.85. The van der Waals surface area contributed by atoms with Crippen LogP contribution in [0.4, 0.5) is 0 Å². The first-order valence-corrected chi connectivity index (χ1v) is 4.51. The zero-order valence-corrected chi connectivity index (χ0v) is 7.97. The molecule has 0 aromatic heterocycles. The van der Waals surface area contributed by atoms with Gasteiger partial charge in [-0.1, -0.05) is 19.9 Å². The van der Waals surface area contributed by atoms with E-state index in [0.717, 1.165) is 6.42 Å². The molecule has 2 heteroatoms. The molecule has 0 saturated carbocycles. The summed E-state index contributed by atoms with van der Waals surface area (Å²) < 4.78 is 0. The third kappa shape index (κ3) is 3.78. The van der Waals surface area contributed by atoms with Crippen LogP contribution >= 0.6 is 11.6 Å². The summed E-state index contributed by atoms with van der Waals surface area (Å²) in [5, 5.41) is 11.4. The molecular weight excluding hydrogens is 160 g/mol. The molecule has 1 radical (unpaired) electrons. The van der Waals surface area contributed by atoms with Crippen molar-refractivity contribution in [1.29, 1.82) is 0 Å². The van der Waals surface area contributed by atoms with Crippen molar-refractivity contribution in [1.82, 2.24) is 0 Å². The van der Waals surface area contributed by atoms with E-state index in [4.69, 9.17) is 11.6 Å². The molecule has 0 saturated heterocycles. The first kappa shape index (κ1) is 11.0. The molecule has 0 N–H and O–H groups in total. The number of halogens is 1. The van der Waals surface area contributed by atoms with Crippen molar-refractivity contribution < 1.29 is 5.11 Å². The molecule has 1 nitrogen and oxygen atoms in total. The summed E-state index contributed by atoms with van der Waals surface area (Å²) in [7, 11) is 0. The Bertz CT molecular complexity index is 114. The molecule has 0 aromatic rings. The van der Waals surface area contributed by atoms with Crippen molar-refractivity contribution in [2.24, 2.45) is 11.8 Å². The fourth-order valence-electron chi connectivity index (χ4n) is 0.989. The van der Waals surface area contributed by atoms with Gasteiger partial charge in [-0.15, -0.1) is 18.2 Å². The van der Waals surface area contributed by atoms with Gasteiger partial charge in [-0.25, -0.2) is 5.11 Å². The molecular formula is C9H16ClO. The second kappa shape index (κ2) is 5.62. The smallest absolute Gasteiger partial charge is 0.101 e. The Morgan fingerprint density at radius 2 is 2.09 bits per heavy atom. The van der Waals surface area contributed by atoms with E-state index in [1.54, 1.807) is 6.08 Å². The maximum atomic E-state index is 11.4. The van der Waals surface area contributed by atoms with E-state index in [-0.39, 0.29) is 11.8 Å². The molecule has 0 aromatic carbocycles. The molecule has 0 spiro atoms. The van der Waals surface area contributed by atoms with Crippen molar-refractivity contribution in [3.63, 3.8) is 0 Å². The van der Waals surface area contributed by atoms with Crippen LogP contribution in [-0.2, 0) is 5.11 Å². The van der Waals surface area contributed by atoms with Crippen molar-refractivity contribution in [3.05, 3.63) is 12.7 Å². The molecule has 3 atom stereocenters. The second-order valence-electron chi connectivity index (χ2n) is 3.01. The highest BCUT2D eigenvalue weighted by Gasteiger charge is 2.19. The van der Waals surface area contributed by atoms with Crippen LogP contribution in [0.15, 0.2) is 12.7 Å². The average molecular weight is 176 g/mol. The van der Waals surface area contributed by atoms with Gasteiger partial charge in [0, 0.05) is 11.8 Å². The Balaban J connectivity index is 3.79. The Kier molecular flexibility index (Phi) is 5.61. The molecule has 65 valence electrons. The molecule has 0 aliphatic rings. The van der Waals surface area contributed by atoms with E-state index in [1.165, 1.54) is 0 Å². The Labute approximate surface area is 74.1 Å². The van der Waals surface area contributed by atoms with Gasteiger partial charge < -0.3 is 0 Å². The van der Waals surface area contributed by atoms with E-state index < -0.39 is 6.10 Å². The van der Waals surface area contributed by atoms with Crippen LogP contribution < -0.4 is 0 Å². The van der Waals surface area contributed by atoms with Gasteiger partial charge in [0.1, 0.15) is 6.10 Å². The standard InChI is InChI=1S/C9H16ClO/c1-4-7(2)9(11)8(3)5-6-10/h4,7-9H,1,5-6H2,2-3H3. The number of hydrogen-bond acceptors (Lipinski definition) is 0. The van der Waals surface area contributed by atoms with Crippen LogP contribution in [0.1, 0.15) is 20.3 Å². The molecule has 0 aliphatic heterocycles. The lowest BCUT2D eigenvalue weighted by Gasteiger charge is -2.19. The Hall–Kier alpha value is -0.0100. The van der Waals surface area contributed by atoms with Crippen molar-refractivity contribution >= 4 is 11.6 Å². The molecule has 0 amide bonds. The van der Waals surface area contributed by atoms with E-state index >= 15 is 0 Å². The molecule has 0 fully saturated rings. The molecule has 3 unspecified atom stereocenters. The lowest BCUT2D eigenvalue weighted by molar-refractivity contribution is 0.0146. The van der Waals surface area contributed by atoms with Gasteiger partial charge in [0.05, 0.1) is 0 Å². The fourth-order valence-corrected chi connectivity index (χ4v) is 1.33. The first-order chi connectivity index (χ1) is 5.13. The summed E-state index contributed by atoms with van der Waals surface area (Å²) in [4.78, 5) is 0. The summed E-state index contributed by atoms with van der Waals surface area (Å²) in [6, 6.07) is 0. The predicted octanol–water partition coefficient (Wildman–Crippen LogP) is 2.87. The second-order valence-corrected chi connectivity index (χ2v) is 3.39. The van der Waals surface area contributed by atoms with Gasteiger partial charge in [0.25, 0.3) is 0 Å². The fraction of sp³-hybridized carbons (Fsp3) is 0.778. The van der Waals surface area contributed by atoms with Gasteiger partial charge in [-0.2, -0.15) is 0 Å². The van der Waals surface area contributed by atoms with Crippen molar-refractivity contribution in [3.8, 4) is 0 Å². The normalized spacial score (nSPS) is 18.9. The largest absolute Gasteiger partial charge is 0.232 e. The van der Waals surface area contributed by atoms with E-state index in [9.17, 15) is 5.11 Å². The van der Waals surface area contributed by atoms with Crippen LogP contribution in [0.5, 0.6) is 0 Å². The summed E-state index contributed by atoms with van der Waals surface area (Å²) in [5.41, 5.74) is 0. The Morgan fingerprint density at radius 1 is 1.55 bits per heavy atom. The van der Waals surface area contributed by atoms with Gasteiger partial charge in [-0.3, -0.25) is 0 Å². The molecule has 0 heterocycles. The van der Waals surface area contributed by atoms with Crippen LogP contribution in [0.25, 0.3) is 0 Å². The zero-order valence-electron chi connectivity index (χ0n) is 7.22. The lowest BCUT2D eigenvalue weighted by atomic mass is 9.92. The van der Waals surface area contributed by atoms with Crippen LogP contribution in [0.2, 0.25) is 0 Å². The maximum Gasteiger partial charge on any atom is 0.101 e. The number of hydrogen-bond donors (Lipinski definition) is 0. The van der Waals surface area contributed by atoms with Gasteiger partial charge in [0.2, 0.25) is 0 Å². The minimum absolute atomic E-state index is 0.0493. The minimum atomic E-state index is -0.550. The SMILES string of the molecule is C=CC(C)C([O])C(C)CCCl. The quantitative estimate of drug-likeness (QED) is 0.453. The maximum absolute atomic E-state index is 11.4. The predicted molar refractivity (Wildman–Crippen MR) is 48.3 cm³/mol. The highest BCUT2D eigenvalue weighted by molar-refractivity contribution is 6.17. The highest BCUT2D eigenvalue weighted by atomic mass is 35.5. The molecule has 11 heavy (non-hydrogen) atoms. The summed E-state index contributed by atoms with van der Waals surface area (Å²) in [5.74, 6) is 0.776. The Morgan fingerprint density at radius 3 is 2.45 bits per heavy atom. The van der Waals surface area contributed by atoms with Gasteiger partial charge in [-0.05, 0) is 12.3 Å². The van der Waals surface area contributed by atoms with Crippen LogP contribution in [-0.4, -0.2) is 12.0 Å². The van der Waals surface area contributed by atoms with Crippen LogP contribution in [0.3, 0.4) is 0 Å².